The number of rotatable bonds is 10. The Bertz CT molecular complexity index is 358. The van der Waals surface area contributed by atoms with E-state index in [2.05, 4.69) is 5.32 Å². The number of nitrogens with one attached hydrogen (secondary N) is 1. The lowest BCUT2D eigenvalue weighted by Gasteiger charge is -2.05. The van der Waals surface area contributed by atoms with Crippen molar-refractivity contribution in [2.24, 2.45) is 0 Å². The fourth-order valence-electron chi connectivity index (χ4n) is 1.94. The van der Waals surface area contributed by atoms with Gasteiger partial charge in [-0.2, -0.15) is 0 Å². The van der Waals surface area contributed by atoms with E-state index in [9.17, 15) is 8.78 Å². The molecule has 0 amide bonds. The molecule has 108 valence electrons. The molecule has 0 spiro atoms. The predicted molar refractivity (Wildman–Crippen MR) is 73.3 cm³/mol. The Kier molecular flexibility index (Phi) is 8.34. The smallest absolute Gasteiger partial charge is 0.129 e. The summed E-state index contributed by atoms with van der Waals surface area (Å²) in [6.07, 6.45) is 4.95. The van der Waals surface area contributed by atoms with Crippen molar-refractivity contribution in [1.29, 1.82) is 0 Å². The number of aryl methyl sites for hydroxylation is 1. The van der Waals surface area contributed by atoms with Gasteiger partial charge < -0.3 is 10.1 Å². The maximum absolute atomic E-state index is 13.3. The number of ether oxygens (including phenoxy) is 1. The van der Waals surface area contributed by atoms with Crippen LogP contribution in [-0.4, -0.2) is 26.8 Å². The molecule has 0 radical (unpaired) electrons. The zero-order valence-electron chi connectivity index (χ0n) is 11.6. The van der Waals surface area contributed by atoms with Gasteiger partial charge in [-0.25, -0.2) is 8.78 Å². The molecule has 0 saturated carbocycles. The molecule has 0 unspecified atom stereocenters. The Labute approximate surface area is 114 Å². The number of methoxy groups -OCH3 is 1. The standard InChI is InChI=1S/C15H23F2NO/c1-19-11-10-18-9-5-3-2-4-6-13-7-8-14(16)12-15(13)17/h7-8,12,18H,2-6,9-11H2,1H3. The minimum absolute atomic E-state index is 0.429. The normalized spacial score (nSPS) is 10.9. The van der Waals surface area contributed by atoms with Gasteiger partial charge in [0.25, 0.3) is 0 Å². The van der Waals surface area contributed by atoms with Crippen molar-refractivity contribution in [2.45, 2.75) is 32.1 Å². The summed E-state index contributed by atoms with van der Waals surface area (Å²) in [5.41, 5.74) is 0.611. The lowest BCUT2D eigenvalue weighted by molar-refractivity contribution is 0.199. The molecule has 0 aliphatic carbocycles. The van der Waals surface area contributed by atoms with Crippen molar-refractivity contribution in [2.75, 3.05) is 26.8 Å². The van der Waals surface area contributed by atoms with Gasteiger partial charge in [0.05, 0.1) is 6.61 Å². The van der Waals surface area contributed by atoms with Crippen molar-refractivity contribution in [3.8, 4) is 0 Å². The SMILES string of the molecule is COCCNCCCCCCc1ccc(F)cc1F. The van der Waals surface area contributed by atoms with Crippen molar-refractivity contribution in [1.82, 2.24) is 5.32 Å². The fraction of sp³-hybridized carbons (Fsp3) is 0.600. The molecule has 1 rings (SSSR count). The van der Waals surface area contributed by atoms with E-state index in [1.165, 1.54) is 12.1 Å². The van der Waals surface area contributed by atoms with Crippen LogP contribution in [0.4, 0.5) is 8.78 Å². The van der Waals surface area contributed by atoms with Crippen LogP contribution in [0.25, 0.3) is 0 Å². The van der Waals surface area contributed by atoms with E-state index < -0.39 is 11.6 Å². The van der Waals surface area contributed by atoms with Crippen molar-refractivity contribution in [3.05, 3.63) is 35.4 Å². The number of halogens is 2. The fourth-order valence-corrected chi connectivity index (χ4v) is 1.94. The molecular weight excluding hydrogens is 248 g/mol. The topological polar surface area (TPSA) is 21.3 Å². The van der Waals surface area contributed by atoms with Crippen molar-refractivity contribution >= 4 is 0 Å². The Morgan fingerprint density at radius 1 is 1.05 bits per heavy atom. The van der Waals surface area contributed by atoms with Gasteiger partial charge >= 0.3 is 0 Å². The van der Waals surface area contributed by atoms with Crippen LogP contribution in [0.2, 0.25) is 0 Å². The molecule has 0 atom stereocenters. The number of benzene rings is 1. The third-order valence-electron chi connectivity index (χ3n) is 3.05. The highest BCUT2D eigenvalue weighted by atomic mass is 19.1. The Morgan fingerprint density at radius 3 is 2.58 bits per heavy atom. The van der Waals surface area contributed by atoms with Gasteiger partial charge in [0.1, 0.15) is 11.6 Å². The highest BCUT2D eigenvalue weighted by molar-refractivity contribution is 5.18. The molecule has 1 aromatic carbocycles. The van der Waals surface area contributed by atoms with E-state index in [0.29, 0.717) is 12.0 Å². The van der Waals surface area contributed by atoms with Gasteiger partial charge in [0.15, 0.2) is 0 Å². The summed E-state index contributed by atoms with van der Waals surface area (Å²) in [6.45, 7) is 2.62. The molecule has 0 heterocycles. The molecule has 2 nitrogen and oxygen atoms in total. The number of hydrogen-bond acceptors (Lipinski definition) is 2. The third kappa shape index (κ3) is 7.23. The van der Waals surface area contributed by atoms with Gasteiger partial charge in [-0.05, 0) is 37.4 Å². The van der Waals surface area contributed by atoms with Gasteiger partial charge in [0, 0.05) is 19.7 Å². The Morgan fingerprint density at radius 2 is 1.84 bits per heavy atom. The summed E-state index contributed by atoms with van der Waals surface area (Å²) in [6, 6.07) is 3.81. The van der Waals surface area contributed by atoms with Crippen LogP contribution in [0, 0.1) is 11.6 Å². The molecule has 1 N–H and O–H groups in total. The minimum atomic E-state index is -0.511. The first-order chi connectivity index (χ1) is 9.24. The van der Waals surface area contributed by atoms with Crippen LogP contribution in [0.15, 0.2) is 18.2 Å². The third-order valence-corrected chi connectivity index (χ3v) is 3.05. The lowest BCUT2D eigenvalue weighted by atomic mass is 10.1. The first kappa shape index (κ1) is 16.1. The van der Waals surface area contributed by atoms with Gasteiger partial charge in [-0.15, -0.1) is 0 Å². The molecule has 0 aliphatic rings. The summed E-state index contributed by atoms with van der Waals surface area (Å²) in [5, 5.41) is 3.28. The highest BCUT2D eigenvalue weighted by Crippen LogP contribution is 2.13. The molecule has 0 aliphatic heterocycles. The first-order valence-corrected chi connectivity index (χ1v) is 6.87. The van der Waals surface area contributed by atoms with E-state index in [0.717, 1.165) is 51.4 Å². The largest absolute Gasteiger partial charge is 0.383 e. The van der Waals surface area contributed by atoms with Crippen LogP contribution < -0.4 is 5.32 Å². The van der Waals surface area contributed by atoms with Crippen molar-refractivity contribution < 1.29 is 13.5 Å². The van der Waals surface area contributed by atoms with Crippen LogP contribution in [-0.2, 0) is 11.2 Å². The zero-order chi connectivity index (χ0) is 13.9. The molecule has 0 bridgehead atoms. The van der Waals surface area contributed by atoms with Gasteiger partial charge in [-0.3, -0.25) is 0 Å². The Hall–Kier alpha value is -1.00. The predicted octanol–water partition coefficient (Wildman–Crippen LogP) is 3.30. The molecular formula is C15H23F2NO. The summed E-state index contributed by atoms with van der Waals surface area (Å²) in [7, 11) is 1.69. The van der Waals surface area contributed by atoms with E-state index in [1.54, 1.807) is 7.11 Å². The summed E-state index contributed by atoms with van der Waals surface area (Å²) < 4.78 is 31.0. The second kappa shape index (κ2) is 9.87. The van der Waals surface area contributed by atoms with Crippen LogP contribution in [0.3, 0.4) is 0 Å². The van der Waals surface area contributed by atoms with Gasteiger partial charge in [-0.1, -0.05) is 18.9 Å². The molecule has 19 heavy (non-hydrogen) atoms. The second-order valence-corrected chi connectivity index (χ2v) is 4.64. The van der Waals surface area contributed by atoms with E-state index in [4.69, 9.17) is 4.74 Å². The van der Waals surface area contributed by atoms with Crippen LogP contribution >= 0.6 is 0 Å². The number of unbranched alkanes of at least 4 members (excludes halogenated alkanes) is 3. The van der Waals surface area contributed by atoms with E-state index in [1.807, 2.05) is 0 Å². The van der Waals surface area contributed by atoms with Crippen LogP contribution in [0.1, 0.15) is 31.2 Å². The summed E-state index contributed by atoms with van der Waals surface area (Å²) in [5.74, 6) is -0.940. The lowest BCUT2D eigenvalue weighted by Crippen LogP contribution is -2.20. The van der Waals surface area contributed by atoms with E-state index >= 15 is 0 Å². The van der Waals surface area contributed by atoms with Crippen molar-refractivity contribution in [3.63, 3.8) is 0 Å². The first-order valence-electron chi connectivity index (χ1n) is 6.87. The summed E-state index contributed by atoms with van der Waals surface area (Å²) >= 11 is 0. The minimum Gasteiger partial charge on any atom is -0.383 e. The highest BCUT2D eigenvalue weighted by Gasteiger charge is 2.03. The number of hydrogen-bond donors (Lipinski definition) is 1. The quantitative estimate of drug-likeness (QED) is 0.659. The maximum atomic E-state index is 13.3. The average Bonchev–Trinajstić information content (AvgIpc) is 2.39. The average molecular weight is 271 g/mol. The molecule has 0 aromatic heterocycles. The maximum Gasteiger partial charge on any atom is 0.129 e. The Balaban J connectivity index is 2.01. The molecule has 1 aromatic rings. The van der Waals surface area contributed by atoms with Crippen LogP contribution in [0.5, 0.6) is 0 Å². The van der Waals surface area contributed by atoms with Gasteiger partial charge in [0.2, 0.25) is 0 Å². The molecule has 0 saturated heterocycles. The zero-order valence-corrected chi connectivity index (χ0v) is 11.6. The monoisotopic (exact) mass is 271 g/mol. The summed E-state index contributed by atoms with van der Waals surface area (Å²) in [4.78, 5) is 0. The molecule has 4 heteroatoms. The molecule has 0 fully saturated rings. The second-order valence-electron chi connectivity index (χ2n) is 4.64. The van der Waals surface area contributed by atoms with E-state index in [-0.39, 0.29) is 0 Å².